The first kappa shape index (κ1) is 5.63. The summed E-state index contributed by atoms with van der Waals surface area (Å²) in [7, 11) is 0. The smallest absolute Gasteiger partial charge is 0.165 e. The average molecular weight is 86.1 g/mol. The van der Waals surface area contributed by atoms with E-state index in [-0.39, 0.29) is 0 Å². The minimum absolute atomic E-state index is 0.685. The van der Waals surface area contributed by atoms with Gasteiger partial charge in [-0.15, -0.1) is 0 Å². The fourth-order valence-corrected chi connectivity index (χ4v) is 0. The summed E-state index contributed by atoms with van der Waals surface area (Å²) >= 11 is 0. The van der Waals surface area contributed by atoms with Crippen LogP contribution in [-0.2, 0) is 4.79 Å². The van der Waals surface area contributed by atoms with Crippen LogP contribution in [0, 0.1) is 6.92 Å². The van der Waals surface area contributed by atoms with Crippen molar-refractivity contribution in [3.63, 3.8) is 0 Å². The summed E-state index contributed by atoms with van der Waals surface area (Å²) in [5, 5.41) is 8.16. The molecule has 0 aromatic heterocycles. The van der Waals surface area contributed by atoms with E-state index >= 15 is 0 Å². The van der Waals surface area contributed by atoms with Crippen molar-refractivity contribution in [2.75, 3.05) is 0 Å². The van der Waals surface area contributed by atoms with Crippen LogP contribution in [-0.4, -0.2) is 17.0 Å². The van der Waals surface area contributed by atoms with Crippen molar-refractivity contribution in [2.45, 2.75) is 13.0 Å². The van der Waals surface area contributed by atoms with Crippen molar-refractivity contribution in [1.29, 1.82) is 0 Å². The van der Waals surface area contributed by atoms with Gasteiger partial charge in [-0.3, -0.25) is 4.79 Å². The normalized spacial score (nSPS) is 13.8. The molecule has 0 aliphatic heterocycles. The van der Waals surface area contributed by atoms with E-state index in [4.69, 9.17) is 5.11 Å². The Morgan fingerprint density at radius 2 is 2.17 bits per heavy atom. The Bertz CT molecular complexity index is 56.6. The molecule has 0 aromatic carbocycles. The zero-order chi connectivity index (χ0) is 5.15. The number of rotatable bonds is 1. The third kappa shape index (κ3) is 1.91. The van der Waals surface area contributed by atoms with Gasteiger partial charge in [-0.25, -0.2) is 0 Å². The van der Waals surface area contributed by atoms with E-state index in [1.54, 1.807) is 0 Å². The van der Waals surface area contributed by atoms with E-state index in [0.717, 1.165) is 0 Å². The van der Waals surface area contributed by atoms with Crippen LogP contribution < -0.4 is 0 Å². The molecule has 0 unspecified atom stereocenters. The fourth-order valence-electron chi connectivity index (χ4n) is 0. The first-order chi connectivity index (χ1) is 2.64. The lowest BCUT2D eigenvalue weighted by Crippen LogP contribution is -2.10. The predicted molar refractivity (Wildman–Crippen MR) is 21.0 cm³/mol. The topological polar surface area (TPSA) is 37.3 Å². The number of aliphatic hydroxyl groups is 1. The molecule has 0 bridgehead atoms. The maximum Gasteiger partial charge on any atom is 0.165 e. The highest BCUT2D eigenvalue weighted by Gasteiger charge is 1.97. The van der Waals surface area contributed by atoms with Gasteiger partial charge in [-0.1, -0.05) is 0 Å². The molecule has 2 heteroatoms. The lowest BCUT2D eigenvalue weighted by molar-refractivity contribution is -0.121. The second-order valence-electron chi connectivity index (χ2n) is 1.08. The minimum atomic E-state index is -1.01. The van der Waals surface area contributed by atoms with E-state index in [0.29, 0.717) is 0 Å². The fraction of sp³-hybridized carbons (Fsp3) is 0.500. The summed E-state index contributed by atoms with van der Waals surface area (Å²) in [5.74, 6) is -0.685. The molecule has 0 fully saturated rings. The summed E-state index contributed by atoms with van der Waals surface area (Å²) < 4.78 is 0. The number of carbonyl (C=O) groups is 1. The second-order valence-corrected chi connectivity index (χ2v) is 1.08. The number of ketones is 1. The van der Waals surface area contributed by atoms with E-state index < -0.39 is 11.9 Å². The Kier molecular flexibility index (Phi) is 1.81. The third-order valence-electron chi connectivity index (χ3n) is 0.412. The van der Waals surface area contributed by atoms with Gasteiger partial charge in [-0.05, 0) is 6.92 Å². The van der Waals surface area contributed by atoms with Crippen molar-refractivity contribution >= 4 is 5.78 Å². The van der Waals surface area contributed by atoms with Crippen LogP contribution in [0.4, 0.5) is 0 Å². The van der Waals surface area contributed by atoms with Crippen LogP contribution in [0.25, 0.3) is 0 Å². The van der Waals surface area contributed by atoms with Crippen molar-refractivity contribution in [2.24, 2.45) is 0 Å². The Balaban J connectivity index is 3.26. The largest absolute Gasteiger partial charge is 0.386 e. The number of Topliss-reactive ketones (excluding diaryl/α,β-unsaturated/α-hetero) is 1. The van der Waals surface area contributed by atoms with Gasteiger partial charge in [0.15, 0.2) is 5.78 Å². The van der Waals surface area contributed by atoms with E-state index in [9.17, 15) is 4.79 Å². The molecule has 0 aromatic rings. The zero-order valence-electron chi connectivity index (χ0n) is 3.51. The molecule has 2 radical (unpaired) electrons. The lowest BCUT2D eigenvalue weighted by Gasteiger charge is -1.90. The van der Waals surface area contributed by atoms with Gasteiger partial charge in [0, 0.05) is 6.92 Å². The maximum absolute atomic E-state index is 9.67. The van der Waals surface area contributed by atoms with Crippen LogP contribution >= 0.6 is 0 Å². The Morgan fingerprint density at radius 3 is 2.17 bits per heavy atom. The van der Waals surface area contributed by atoms with E-state index in [1.807, 2.05) is 0 Å². The average Bonchev–Trinajstić information content (AvgIpc) is 1.36. The molecular formula is C4H6O2. The lowest BCUT2D eigenvalue weighted by atomic mass is 10.3. The molecule has 1 N–H and O–H groups in total. The first-order valence-electron chi connectivity index (χ1n) is 1.62. The van der Waals surface area contributed by atoms with Gasteiger partial charge in [0.25, 0.3) is 0 Å². The number of aliphatic hydroxyl groups excluding tert-OH is 1. The molecular weight excluding hydrogens is 80.0 g/mol. The monoisotopic (exact) mass is 86.0 g/mol. The standard InChI is InChI=1S/C4H6O2/c1-3(5)4(2)6/h1,4,6H,2H3/t4-/m1/s1. The Morgan fingerprint density at radius 1 is 2.00 bits per heavy atom. The van der Waals surface area contributed by atoms with E-state index in [1.165, 1.54) is 6.92 Å². The van der Waals surface area contributed by atoms with Crippen molar-refractivity contribution in [3.05, 3.63) is 6.92 Å². The molecule has 0 rings (SSSR count). The molecule has 0 spiro atoms. The third-order valence-corrected chi connectivity index (χ3v) is 0.412. The van der Waals surface area contributed by atoms with Crippen LogP contribution in [0.5, 0.6) is 0 Å². The molecule has 0 aliphatic carbocycles. The van der Waals surface area contributed by atoms with Crippen molar-refractivity contribution < 1.29 is 9.90 Å². The van der Waals surface area contributed by atoms with Gasteiger partial charge in [0.1, 0.15) is 6.10 Å². The molecule has 6 heavy (non-hydrogen) atoms. The van der Waals surface area contributed by atoms with Crippen LogP contribution in [0.15, 0.2) is 0 Å². The highest BCUT2D eigenvalue weighted by atomic mass is 16.3. The molecule has 2 nitrogen and oxygen atoms in total. The van der Waals surface area contributed by atoms with Crippen LogP contribution in [0.2, 0.25) is 0 Å². The highest BCUT2D eigenvalue weighted by Crippen LogP contribution is 1.76. The first-order valence-corrected chi connectivity index (χ1v) is 1.62. The van der Waals surface area contributed by atoms with Crippen LogP contribution in [0.1, 0.15) is 6.92 Å². The van der Waals surface area contributed by atoms with E-state index in [2.05, 4.69) is 6.92 Å². The SMILES string of the molecule is [CH]C(=O)[C@@H](C)O. The van der Waals surface area contributed by atoms with Gasteiger partial charge in [0.2, 0.25) is 0 Å². The number of hydrogen-bond donors (Lipinski definition) is 1. The molecule has 0 heterocycles. The van der Waals surface area contributed by atoms with Gasteiger partial charge < -0.3 is 5.11 Å². The molecule has 0 aliphatic rings. The number of carbonyl (C=O) groups excluding carboxylic acids is 1. The number of hydrogen-bond acceptors (Lipinski definition) is 2. The maximum atomic E-state index is 9.67. The zero-order valence-corrected chi connectivity index (χ0v) is 3.51. The minimum Gasteiger partial charge on any atom is -0.386 e. The summed E-state index contributed by atoms with van der Waals surface area (Å²) in [6, 6.07) is 0. The summed E-state index contributed by atoms with van der Waals surface area (Å²) in [4.78, 5) is 9.67. The van der Waals surface area contributed by atoms with Crippen molar-refractivity contribution in [3.8, 4) is 0 Å². The van der Waals surface area contributed by atoms with Gasteiger partial charge >= 0.3 is 0 Å². The predicted octanol–water partition coefficient (Wildman–Crippen LogP) is -0.353. The summed E-state index contributed by atoms with van der Waals surface area (Å²) in [6.07, 6.45) is -1.01. The van der Waals surface area contributed by atoms with Gasteiger partial charge in [-0.2, -0.15) is 0 Å². The molecule has 0 saturated carbocycles. The molecule has 1 atom stereocenters. The second kappa shape index (κ2) is 1.92. The van der Waals surface area contributed by atoms with Gasteiger partial charge in [0.05, 0.1) is 0 Å². The molecule has 0 saturated heterocycles. The summed E-state index contributed by atoms with van der Waals surface area (Å²) in [5.41, 5.74) is 0. The summed E-state index contributed by atoms with van der Waals surface area (Å²) in [6.45, 7) is 5.87. The highest BCUT2D eigenvalue weighted by molar-refractivity contribution is 5.86. The Hall–Kier alpha value is -0.370. The quantitative estimate of drug-likeness (QED) is 0.473. The Labute approximate surface area is 36.8 Å². The van der Waals surface area contributed by atoms with Crippen LogP contribution in [0.3, 0.4) is 0 Å². The molecule has 34 valence electrons. The molecule has 0 amide bonds. The van der Waals surface area contributed by atoms with Crippen molar-refractivity contribution in [1.82, 2.24) is 0 Å².